The number of aromatic nitrogens is 4. The van der Waals surface area contributed by atoms with Crippen LogP contribution in [-0.4, -0.2) is 78.4 Å². The second kappa shape index (κ2) is 22.0. The van der Waals surface area contributed by atoms with Gasteiger partial charge < -0.3 is 29.9 Å². The highest BCUT2D eigenvalue weighted by atomic mass is 31.2. The molecule has 0 aromatic carbocycles. The Kier molecular flexibility index (Phi) is 17.9. The van der Waals surface area contributed by atoms with Crippen molar-refractivity contribution in [3.8, 4) is 0 Å². The Balaban J connectivity index is 1.15. The molecule has 0 saturated carbocycles. The van der Waals surface area contributed by atoms with Gasteiger partial charge in [-0.25, -0.2) is 14.2 Å². The number of H-pyrrole nitrogens is 1. The van der Waals surface area contributed by atoms with E-state index in [0.717, 1.165) is 17.4 Å². The number of nitrogens with zero attached hydrogens (tertiary/aromatic N) is 3. The maximum absolute atomic E-state index is 12.9. The molecule has 0 spiro atoms. The van der Waals surface area contributed by atoms with E-state index in [1.165, 1.54) is 94.0 Å². The van der Waals surface area contributed by atoms with Crippen LogP contribution in [0, 0.1) is 0 Å². The number of ether oxygens (including phenoxy) is 2. The summed E-state index contributed by atoms with van der Waals surface area (Å²) in [5.41, 5.74) is -1.46. The standard InChI is InChI=1S/C36H60N5O11P/c1-3-5-6-7-8-9-10-11-12-13-14-15-16-17-19-37-31-18-20-40(35(45)38-31)33-22-28(29(24-42)50-33)52-53(47,48)49-25-30-27(43)21-32(51-30)41-23-26(4-2)34(44)39-36(41)46/h18,20,23,27-30,32-33,42-43H,3-17,19,21-22,24-25H2,1-2H3,(H,47,48)(H,37,38,45)(H,39,44,46)/t27-,28-,29+,30+,32+,33+/m0/s1. The number of hydrogen-bond donors (Lipinski definition) is 5. The Morgan fingerprint density at radius 3 is 2.11 bits per heavy atom. The van der Waals surface area contributed by atoms with Crippen LogP contribution in [0.25, 0.3) is 0 Å². The first-order valence-corrected chi connectivity index (χ1v) is 21.0. The molecule has 4 rings (SSSR count). The summed E-state index contributed by atoms with van der Waals surface area (Å²) in [6.07, 6.45) is 14.9. The fourth-order valence-electron chi connectivity index (χ4n) is 6.81. The Bertz CT molecular complexity index is 1620. The van der Waals surface area contributed by atoms with Gasteiger partial charge in [-0.2, -0.15) is 4.98 Å². The summed E-state index contributed by atoms with van der Waals surface area (Å²) in [6.45, 7) is 3.59. The quantitative estimate of drug-likeness (QED) is 0.0686. The van der Waals surface area contributed by atoms with Crippen LogP contribution >= 0.6 is 7.82 Å². The number of aryl methyl sites for hydroxylation is 1. The molecule has 300 valence electrons. The van der Waals surface area contributed by atoms with Gasteiger partial charge in [0.1, 0.15) is 36.6 Å². The number of aliphatic hydroxyl groups excluding tert-OH is 2. The first-order valence-electron chi connectivity index (χ1n) is 19.5. The van der Waals surface area contributed by atoms with Crippen molar-refractivity contribution in [2.45, 2.75) is 160 Å². The first kappa shape index (κ1) is 43.0. The van der Waals surface area contributed by atoms with Gasteiger partial charge in [0.25, 0.3) is 5.56 Å². The molecule has 4 heterocycles. The van der Waals surface area contributed by atoms with Gasteiger partial charge in [0.2, 0.25) is 0 Å². The molecule has 0 aliphatic carbocycles. The smallest absolute Gasteiger partial charge is 0.394 e. The molecule has 17 heteroatoms. The lowest BCUT2D eigenvalue weighted by Gasteiger charge is -2.22. The highest BCUT2D eigenvalue weighted by molar-refractivity contribution is 7.47. The zero-order valence-corrected chi connectivity index (χ0v) is 32.1. The first-order chi connectivity index (χ1) is 25.5. The normalized spacial score (nSPS) is 24.1. The minimum absolute atomic E-state index is 0.0268. The van der Waals surface area contributed by atoms with Gasteiger partial charge in [-0.05, 0) is 18.9 Å². The number of phosphoric acid groups is 1. The Labute approximate surface area is 310 Å². The van der Waals surface area contributed by atoms with E-state index in [1.54, 1.807) is 13.0 Å². The summed E-state index contributed by atoms with van der Waals surface area (Å²) < 4.78 is 37.3. The number of rotatable bonds is 25. The van der Waals surface area contributed by atoms with Crippen LogP contribution in [0.15, 0.2) is 32.8 Å². The zero-order valence-electron chi connectivity index (χ0n) is 31.2. The van der Waals surface area contributed by atoms with Crippen LogP contribution in [0.4, 0.5) is 5.82 Å². The molecule has 2 aromatic heterocycles. The lowest BCUT2D eigenvalue weighted by atomic mass is 10.0. The highest BCUT2D eigenvalue weighted by Crippen LogP contribution is 2.49. The van der Waals surface area contributed by atoms with E-state index in [4.69, 9.17) is 18.5 Å². The Morgan fingerprint density at radius 2 is 1.51 bits per heavy atom. The van der Waals surface area contributed by atoms with Gasteiger partial charge in [0, 0.05) is 37.3 Å². The van der Waals surface area contributed by atoms with E-state index in [0.29, 0.717) is 24.3 Å². The number of hydrogen-bond acceptors (Lipinski definition) is 12. The van der Waals surface area contributed by atoms with Crippen molar-refractivity contribution < 1.29 is 38.2 Å². The lowest BCUT2D eigenvalue weighted by Crippen LogP contribution is -2.34. The average Bonchev–Trinajstić information content (AvgIpc) is 3.70. The number of aliphatic hydroxyl groups is 2. The molecule has 53 heavy (non-hydrogen) atoms. The van der Waals surface area contributed by atoms with E-state index in [9.17, 15) is 34.1 Å². The number of anilines is 1. The summed E-state index contributed by atoms with van der Waals surface area (Å²) in [4.78, 5) is 53.9. The zero-order chi connectivity index (χ0) is 38.2. The number of unbranched alkanes of at least 4 members (excludes halogenated alkanes) is 13. The molecule has 5 N–H and O–H groups in total. The average molecular weight is 770 g/mol. The molecule has 0 radical (unpaired) electrons. The third kappa shape index (κ3) is 13.5. The topological polar surface area (TPSA) is 216 Å². The van der Waals surface area contributed by atoms with Crippen LogP contribution in [-0.2, 0) is 29.5 Å². The Hall–Kier alpha value is -2.69. The maximum Gasteiger partial charge on any atom is 0.472 e. The third-order valence-corrected chi connectivity index (χ3v) is 11.0. The number of phosphoric ester groups is 1. The third-order valence-electron chi connectivity index (χ3n) is 9.94. The summed E-state index contributed by atoms with van der Waals surface area (Å²) in [5, 5.41) is 23.6. The predicted molar refractivity (Wildman–Crippen MR) is 199 cm³/mol. The number of aromatic amines is 1. The molecule has 2 aliphatic rings. The summed E-state index contributed by atoms with van der Waals surface area (Å²) in [7, 11) is -4.78. The van der Waals surface area contributed by atoms with Crippen molar-refractivity contribution in [1.82, 2.24) is 19.1 Å². The summed E-state index contributed by atoms with van der Waals surface area (Å²) >= 11 is 0. The van der Waals surface area contributed by atoms with Crippen molar-refractivity contribution in [2.75, 3.05) is 25.1 Å². The molecular weight excluding hydrogens is 709 g/mol. The van der Waals surface area contributed by atoms with Crippen LogP contribution in [0.3, 0.4) is 0 Å². The van der Waals surface area contributed by atoms with E-state index in [-0.39, 0.29) is 12.8 Å². The predicted octanol–water partition coefficient (Wildman–Crippen LogP) is 4.68. The van der Waals surface area contributed by atoms with Crippen LogP contribution < -0.4 is 22.3 Å². The molecule has 2 fully saturated rings. The molecule has 16 nitrogen and oxygen atoms in total. The van der Waals surface area contributed by atoms with Gasteiger partial charge in [-0.1, -0.05) is 97.3 Å². The van der Waals surface area contributed by atoms with Gasteiger partial charge >= 0.3 is 19.2 Å². The largest absolute Gasteiger partial charge is 0.472 e. The van der Waals surface area contributed by atoms with Gasteiger partial charge in [-0.15, -0.1) is 0 Å². The summed E-state index contributed by atoms with van der Waals surface area (Å²) in [5.74, 6) is 0.438. The lowest BCUT2D eigenvalue weighted by molar-refractivity contribution is -0.0575. The molecule has 7 atom stereocenters. The minimum Gasteiger partial charge on any atom is -0.394 e. The molecule has 2 aromatic rings. The Morgan fingerprint density at radius 1 is 0.906 bits per heavy atom. The van der Waals surface area contributed by atoms with E-state index in [1.807, 2.05) is 0 Å². The van der Waals surface area contributed by atoms with E-state index < -0.39 is 74.8 Å². The molecule has 0 amide bonds. The minimum atomic E-state index is -4.78. The van der Waals surface area contributed by atoms with Crippen LogP contribution in [0.1, 0.15) is 135 Å². The molecule has 2 aliphatic heterocycles. The van der Waals surface area contributed by atoms with Crippen molar-refractivity contribution in [3.63, 3.8) is 0 Å². The van der Waals surface area contributed by atoms with Crippen molar-refractivity contribution in [1.29, 1.82) is 0 Å². The maximum atomic E-state index is 12.9. The van der Waals surface area contributed by atoms with Crippen LogP contribution in [0.2, 0.25) is 0 Å². The second-order valence-corrected chi connectivity index (χ2v) is 15.5. The molecule has 0 bridgehead atoms. The van der Waals surface area contributed by atoms with Crippen molar-refractivity contribution in [2.24, 2.45) is 0 Å². The monoisotopic (exact) mass is 769 g/mol. The SMILES string of the molecule is CCCCCCCCCCCCCCCCNc1ccn([C@H]2C[C@H](OP(=O)(O)OC[C@H]3O[C@@H](n4cc(CC)c(=O)[nH]c4=O)C[C@@H]3O)[C@@H](CO)O2)c(=O)n1. The van der Waals surface area contributed by atoms with Gasteiger partial charge in [0.05, 0.1) is 19.3 Å². The second-order valence-electron chi connectivity index (χ2n) is 14.1. The fraction of sp³-hybridized carbons (Fsp3) is 0.778. The molecule has 2 saturated heterocycles. The highest BCUT2D eigenvalue weighted by Gasteiger charge is 2.43. The summed E-state index contributed by atoms with van der Waals surface area (Å²) in [6, 6.07) is 1.65. The fourth-order valence-corrected chi connectivity index (χ4v) is 7.77. The van der Waals surface area contributed by atoms with Crippen LogP contribution in [0.5, 0.6) is 0 Å². The molecule has 1 unspecified atom stereocenters. The van der Waals surface area contributed by atoms with Gasteiger partial charge in [0.15, 0.2) is 0 Å². The van der Waals surface area contributed by atoms with Crippen molar-refractivity contribution >= 4 is 13.6 Å². The molecular formula is C36H60N5O11P. The van der Waals surface area contributed by atoms with Crippen molar-refractivity contribution in [3.05, 3.63) is 55.3 Å². The van der Waals surface area contributed by atoms with E-state index in [2.05, 4.69) is 22.2 Å². The number of nitrogens with one attached hydrogen (secondary N) is 2. The van der Waals surface area contributed by atoms with Gasteiger partial charge in [-0.3, -0.25) is 28.0 Å². The van der Waals surface area contributed by atoms with E-state index >= 15 is 0 Å².